The van der Waals surface area contributed by atoms with E-state index in [1.54, 1.807) is 30.6 Å². The summed E-state index contributed by atoms with van der Waals surface area (Å²) in [4.78, 5) is 27.4. The van der Waals surface area contributed by atoms with Crippen LogP contribution in [0, 0.1) is 0 Å². The molecule has 1 aliphatic heterocycles. The number of rotatable bonds is 6. The number of nitrogens with one attached hydrogen (secondary N) is 1. The molecule has 1 saturated heterocycles. The van der Waals surface area contributed by atoms with Crippen LogP contribution < -0.4 is 5.32 Å². The Bertz CT molecular complexity index is 1000. The molecule has 150 valence electrons. The van der Waals surface area contributed by atoms with Gasteiger partial charge in [0.1, 0.15) is 23.7 Å². The van der Waals surface area contributed by atoms with Crippen LogP contribution in [0.15, 0.2) is 41.1 Å². The molecule has 1 aliphatic rings. The average molecular weight is 397 g/mol. The largest absolute Gasteiger partial charge is 0.475 e. The quantitative estimate of drug-likeness (QED) is 0.641. The van der Waals surface area contributed by atoms with Crippen molar-refractivity contribution >= 4 is 11.9 Å². The minimum atomic E-state index is -1.12. The van der Waals surface area contributed by atoms with Gasteiger partial charge in [0.05, 0.1) is 6.20 Å². The highest BCUT2D eigenvalue weighted by Crippen LogP contribution is 2.17. The minimum Gasteiger partial charge on any atom is -0.475 e. The standard InChI is InChI=1S/C19H19N5O5/c25-18(21-13-5-7-28-8-6-13)15-3-1-12(9-20-15)16-11-24(23-22-16)10-14-2-4-17(29-14)19(26)27/h1-4,9,11,13H,5-8,10H2,(H,21,25)(H,26,27). The van der Waals surface area contributed by atoms with Gasteiger partial charge in [0.25, 0.3) is 5.91 Å². The van der Waals surface area contributed by atoms with Gasteiger partial charge >= 0.3 is 5.97 Å². The molecule has 0 radical (unpaired) electrons. The van der Waals surface area contributed by atoms with Gasteiger partial charge in [-0.1, -0.05) is 5.21 Å². The SMILES string of the molecule is O=C(NC1CCOCC1)c1ccc(-c2cn(Cc3ccc(C(=O)O)o3)nn2)cn1. The monoisotopic (exact) mass is 397 g/mol. The topological polar surface area (TPSA) is 132 Å². The predicted molar refractivity (Wildman–Crippen MR) is 99.3 cm³/mol. The second-order valence-electron chi connectivity index (χ2n) is 6.66. The van der Waals surface area contributed by atoms with Crippen LogP contribution in [0.25, 0.3) is 11.3 Å². The van der Waals surface area contributed by atoms with E-state index in [0.717, 1.165) is 12.8 Å². The highest BCUT2D eigenvalue weighted by molar-refractivity contribution is 5.92. The third-order valence-corrected chi connectivity index (χ3v) is 4.58. The van der Waals surface area contributed by atoms with Gasteiger partial charge in [-0.25, -0.2) is 9.48 Å². The van der Waals surface area contributed by atoms with Crippen LogP contribution in [0.3, 0.4) is 0 Å². The summed E-state index contributed by atoms with van der Waals surface area (Å²) in [7, 11) is 0. The molecular formula is C19H19N5O5. The van der Waals surface area contributed by atoms with Crippen molar-refractivity contribution in [2.45, 2.75) is 25.4 Å². The summed E-state index contributed by atoms with van der Waals surface area (Å²) in [5.74, 6) is -1.00. The first kappa shape index (κ1) is 18.8. The number of ether oxygens (including phenoxy) is 1. The van der Waals surface area contributed by atoms with Gasteiger partial charge in [0, 0.05) is 31.0 Å². The number of hydrogen-bond acceptors (Lipinski definition) is 7. The molecule has 10 heteroatoms. The molecule has 1 amide bonds. The van der Waals surface area contributed by atoms with E-state index in [-0.39, 0.29) is 24.3 Å². The Morgan fingerprint density at radius 3 is 2.72 bits per heavy atom. The number of furan rings is 1. The van der Waals surface area contributed by atoms with Gasteiger partial charge in [-0.05, 0) is 37.1 Å². The van der Waals surface area contributed by atoms with Crippen molar-refractivity contribution in [3.8, 4) is 11.3 Å². The lowest BCUT2D eigenvalue weighted by molar-refractivity contribution is 0.0658. The van der Waals surface area contributed by atoms with Crippen molar-refractivity contribution < 1.29 is 23.8 Å². The van der Waals surface area contributed by atoms with Crippen molar-refractivity contribution in [2.24, 2.45) is 0 Å². The molecule has 3 aromatic heterocycles. The Balaban J connectivity index is 1.39. The Morgan fingerprint density at radius 1 is 1.21 bits per heavy atom. The molecule has 10 nitrogen and oxygen atoms in total. The van der Waals surface area contributed by atoms with E-state index in [1.165, 1.54) is 10.7 Å². The van der Waals surface area contributed by atoms with Crippen molar-refractivity contribution in [2.75, 3.05) is 13.2 Å². The zero-order valence-corrected chi connectivity index (χ0v) is 15.4. The average Bonchev–Trinajstić information content (AvgIpc) is 3.39. The molecule has 4 heterocycles. The maximum absolute atomic E-state index is 12.3. The van der Waals surface area contributed by atoms with Crippen LogP contribution in [0.4, 0.5) is 0 Å². The van der Waals surface area contributed by atoms with E-state index in [2.05, 4.69) is 20.6 Å². The fourth-order valence-electron chi connectivity index (χ4n) is 3.03. The number of hydrogen-bond donors (Lipinski definition) is 2. The van der Waals surface area contributed by atoms with Crippen LogP contribution in [0.2, 0.25) is 0 Å². The van der Waals surface area contributed by atoms with Gasteiger partial charge in [-0.3, -0.25) is 9.78 Å². The fourth-order valence-corrected chi connectivity index (χ4v) is 3.03. The smallest absolute Gasteiger partial charge is 0.371 e. The third-order valence-electron chi connectivity index (χ3n) is 4.58. The number of carboxylic acids is 1. The van der Waals surface area contributed by atoms with E-state index < -0.39 is 5.97 Å². The van der Waals surface area contributed by atoms with Gasteiger partial charge in [0.2, 0.25) is 5.76 Å². The lowest BCUT2D eigenvalue weighted by Gasteiger charge is -2.22. The van der Waals surface area contributed by atoms with E-state index in [9.17, 15) is 9.59 Å². The zero-order chi connectivity index (χ0) is 20.2. The molecule has 4 rings (SSSR count). The van der Waals surface area contributed by atoms with Crippen LogP contribution in [0.1, 0.15) is 39.6 Å². The lowest BCUT2D eigenvalue weighted by Crippen LogP contribution is -2.39. The van der Waals surface area contributed by atoms with Crippen molar-refractivity contribution in [3.63, 3.8) is 0 Å². The highest BCUT2D eigenvalue weighted by atomic mass is 16.5. The summed E-state index contributed by atoms with van der Waals surface area (Å²) in [6.07, 6.45) is 4.87. The Morgan fingerprint density at radius 2 is 2.03 bits per heavy atom. The second kappa shape index (κ2) is 8.23. The molecular weight excluding hydrogens is 378 g/mol. The van der Waals surface area contributed by atoms with E-state index in [0.29, 0.717) is 35.9 Å². The molecule has 1 fully saturated rings. The number of carboxylic acid groups (broad SMARTS) is 1. The number of nitrogens with zero attached hydrogens (tertiary/aromatic N) is 4. The van der Waals surface area contributed by atoms with Crippen molar-refractivity contribution in [3.05, 3.63) is 53.9 Å². The molecule has 2 N–H and O–H groups in total. The summed E-state index contributed by atoms with van der Waals surface area (Å²) < 4.78 is 12.0. The zero-order valence-electron chi connectivity index (χ0n) is 15.4. The van der Waals surface area contributed by atoms with E-state index in [1.807, 2.05) is 0 Å². The van der Waals surface area contributed by atoms with Gasteiger partial charge in [-0.15, -0.1) is 5.10 Å². The van der Waals surface area contributed by atoms with Crippen LogP contribution in [-0.4, -0.2) is 56.2 Å². The third kappa shape index (κ3) is 4.49. The molecule has 0 saturated carbocycles. The number of pyridine rings is 1. The first-order chi connectivity index (χ1) is 14.1. The second-order valence-corrected chi connectivity index (χ2v) is 6.66. The fraction of sp³-hybridized carbons (Fsp3) is 0.316. The summed E-state index contributed by atoms with van der Waals surface area (Å²) in [5, 5.41) is 20.0. The number of aromatic carboxylic acids is 1. The van der Waals surface area contributed by atoms with Crippen LogP contribution in [-0.2, 0) is 11.3 Å². The summed E-state index contributed by atoms with van der Waals surface area (Å²) in [6.45, 7) is 1.56. The van der Waals surface area contributed by atoms with E-state index >= 15 is 0 Å². The number of amides is 1. The summed E-state index contributed by atoms with van der Waals surface area (Å²) in [6, 6.07) is 6.49. The molecule has 0 spiro atoms. The molecule has 0 aliphatic carbocycles. The Hall–Kier alpha value is -3.53. The van der Waals surface area contributed by atoms with Crippen molar-refractivity contribution in [1.82, 2.24) is 25.3 Å². The number of aromatic nitrogens is 4. The van der Waals surface area contributed by atoms with Crippen LogP contribution in [0.5, 0.6) is 0 Å². The molecule has 29 heavy (non-hydrogen) atoms. The van der Waals surface area contributed by atoms with Gasteiger partial charge in [-0.2, -0.15) is 0 Å². The molecule has 0 aromatic carbocycles. The normalized spacial score (nSPS) is 14.6. The number of carbonyl (C=O) groups excluding carboxylic acids is 1. The first-order valence-electron chi connectivity index (χ1n) is 9.15. The first-order valence-corrected chi connectivity index (χ1v) is 9.15. The molecule has 0 unspecified atom stereocenters. The van der Waals surface area contributed by atoms with E-state index in [4.69, 9.17) is 14.3 Å². The maximum Gasteiger partial charge on any atom is 0.371 e. The maximum atomic E-state index is 12.3. The molecule has 0 bridgehead atoms. The lowest BCUT2D eigenvalue weighted by atomic mass is 10.1. The highest BCUT2D eigenvalue weighted by Gasteiger charge is 2.18. The van der Waals surface area contributed by atoms with Crippen molar-refractivity contribution in [1.29, 1.82) is 0 Å². The molecule has 0 atom stereocenters. The molecule has 3 aromatic rings. The Labute approximate surface area is 165 Å². The Kier molecular flexibility index (Phi) is 5.34. The predicted octanol–water partition coefficient (Wildman–Crippen LogP) is 1.59. The van der Waals surface area contributed by atoms with Gasteiger partial charge < -0.3 is 19.6 Å². The van der Waals surface area contributed by atoms with Gasteiger partial charge in [0.15, 0.2) is 0 Å². The number of carbonyl (C=O) groups is 2. The van der Waals surface area contributed by atoms with Crippen LogP contribution >= 0.6 is 0 Å². The summed E-state index contributed by atoms with van der Waals surface area (Å²) >= 11 is 0. The summed E-state index contributed by atoms with van der Waals surface area (Å²) in [5.41, 5.74) is 1.63. The minimum absolute atomic E-state index is 0.112.